The number of rotatable bonds is 6. The maximum Gasteiger partial charge on any atom is 0.573 e. The minimum Gasteiger partial charge on any atom is -0.406 e. The number of nitrogens with one attached hydrogen (secondary N) is 1. The number of anilines is 2. The van der Waals surface area contributed by atoms with Gasteiger partial charge in [-0.3, -0.25) is 0 Å². The average Bonchev–Trinajstić information content (AvgIpc) is 3.15. The molecule has 0 radical (unpaired) electrons. The minimum atomic E-state index is -4.73. The third kappa shape index (κ3) is 4.71. The molecule has 30 heavy (non-hydrogen) atoms. The van der Waals surface area contributed by atoms with Crippen molar-refractivity contribution in [3.8, 4) is 11.5 Å². The van der Waals surface area contributed by atoms with Gasteiger partial charge in [-0.2, -0.15) is 0 Å². The summed E-state index contributed by atoms with van der Waals surface area (Å²) in [7, 11) is 0. The van der Waals surface area contributed by atoms with Gasteiger partial charge in [-0.15, -0.1) is 18.2 Å². The fourth-order valence-corrected chi connectivity index (χ4v) is 3.32. The standard InChI is InChI=1S/C20H19F3N4O3/c21-20(22,23)29-15-5-3-13(4-6-15)26-19-17-8-7-16(10-18(17)24-12-25-19)30-27-9-1-2-14(27)11-28/h3-8,10,12,14,28H,1-2,9,11H2,(H,24,25,26). The molecule has 1 aromatic heterocycles. The summed E-state index contributed by atoms with van der Waals surface area (Å²) in [5.41, 5.74) is 1.19. The van der Waals surface area contributed by atoms with Crippen LogP contribution in [-0.2, 0) is 0 Å². The molecule has 1 saturated heterocycles. The Morgan fingerprint density at radius 1 is 1.10 bits per heavy atom. The van der Waals surface area contributed by atoms with E-state index in [0.29, 0.717) is 22.8 Å². The van der Waals surface area contributed by atoms with Crippen molar-refractivity contribution in [2.24, 2.45) is 0 Å². The van der Waals surface area contributed by atoms with Gasteiger partial charge in [0.05, 0.1) is 18.2 Å². The summed E-state index contributed by atoms with van der Waals surface area (Å²) in [6.45, 7) is 0.782. The first-order valence-electron chi connectivity index (χ1n) is 9.34. The Kier molecular flexibility index (Phi) is 5.60. The Bertz CT molecular complexity index is 1010. The Labute approximate surface area is 170 Å². The zero-order valence-corrected chi connectivity index (χ0v) is 15.8. The molecule has 0 aliphatic carbocycles. The van der Waals surface area contributed by atoms with Crippen molar-refractivity contribution in [1.29, 1.82) is 0 Å². The van der Waals surface area contributed by atoms with Crippen LogP contribution >= 0.6 is 0 Å². The van der Waals surface area contributed by atoms with Gasteiger partial charge in [0.15, 0.2) is 0 Å². The molecule has 10 heteroatoms. The summed E-state index contributed by atoms with van der Waals surface area (Å²) in [5.74, 6) is 0.803. The molecule has 1 aliphatic rings. The lowest BCUT2D eigenvalue weighted by Crippen LogP contribution is -2.35. The van der Waals surface area contributed by atoms with Crippen molar-refractivity contribution in [2.45, 2.75) is 25.2 Å². The van der Waals surface area contributed by atoms with Gasteiger partial charge in [0.2, 0.25) is 0 Å². The summed E-state index contributed by atoms with van der Waals surface area (Å²) in [6, 6.07) is 10.7. The number of nitrogens with zero attached hydrogens (tertiary/aromatic N) is 3. The molecule has 1 atom stereocenters. The predicted octanol–water partition coefficient (Wildman–Crippen LogP) is 4.02. The summed E-state index contributed by atoms with van der Waals surface area (Å²) >= 11 is 0. The number of alkyl halides is 3. The van der Waals surface area contributed by atoms with Crippen LogP contribution in [0.4, 0.5) is 24.7 Å². The Morgan fingerprint density at radius 3 is 2.60 bits per heavy atom. The minimum absolute atomic E-state index is 0.0207. The molecule has 4 rings (SSSR count). The number of hydrogen-bond donors (Lipinski definition) is 2. The highest BCUT2D eigenvalue weighted by Crippen LogP contribution is 2.29. The number of aromatic nitrogens is 2. The average molecular weight is 420 g/mol. The lowest BCUT2D eigenvalue weighted by Gasteiger charge is -2.22. The molecule has 7 nitrogen and oxygen atoms in total. The smallest absolute Gasteiger partial charge is 0.406 e. The van der Waals surface area contributed by atoms with Gasteiger partial charge in [-0.05, 0) is 49.2 Å². The Hall–Kier alpha value is -3.11. The quantitative estimate of drug-likeness (QED) is 0.624. The van der Waals surface area contributed by atoms with E-state index in [1.54, 1.807) is 23.3 Å². The molecule has 0 saturated carbocycles. The molecule has 158 valence electrons. The fourth-order valence-electron chi connectivity index (χ4n) is 3.32. The first kappa shape index (κ1) is 20.2. The van der Waals surface area contributed by atoms with E-state index in [0.717, 1.165) is 24.8 Å². The highest BCUT2D eigenvalue weighted by molar-refractivity contribution is 5.91. The van der Waals surface area contributed by atoms with Crippen molar-refractivity contribution in [3.63, 3.8) is 0 Å². The second-order valence-corrected chi connectivity index (χ2v) is 6.81. The van der Waals surface area contributed by atoms with Crippen LogP contribution in [0.1, 0.15) is 12.8 Å². The molecule has 2 N–H and O–H groups in total. The van der Waals surface area contributed by atoms with E-state index < -0.39 is 6.36 Å². The maximum absolute atomic E-state index is 12.3. The lowest BCUT2D eigenvalue weighted by atomic mass is 10.2. The predicted molar refractivity (Wildman–Crippen MR) is 103 cm³/mol. The number of ether oxygens (including phenoxy) is 1. The van der Waals surface area contributed by atoms with Gasteiger partial charge in [-0.1, -0.05) is 0 Å². The molecule has 0 spiro atoms. The molecule has 0 amide bonds. The number of aliphatic hydroxyl groups excluding tert-OH is 1. The van der Waals surface area contributed by atoms with Crippen molar-refractivity contribution in [1.82, 2.24) is 15.0 Å². The SMILES string of the molecule is OCC1CCCN1Oc1ccc2c(Nc3ccc(OC(F)(F)F)cc3)ncnc2c1. The normalized spacial score (nSPS) is 17.3. The van der Waals surface area contributed by atoms with Crippen LogP contribution in [0, 0.1) is 0 Å². The highest BCUT2D eigenvalue weighted by atomic mass is 19.4. The van der Waals surface area contributed by atoms with Crippen LogP contribution in [-0.4, -0.2) is 45.7 Å². The molecular weight excluding hydrogens is 401 g/mol. The molecule has 2 aromatic carbocycles. The van der Waals surface area contributed by atoms with E-state index in [4.69, 9.17) is 4.84 Å². The highest BCUT2D eigenvalue weighted by Gasteiger charge is 2.31. The summed E-state index contributed by atoms with van der Waals surface area (Å²) in [6.07, 6.45) is -1.50. The van der Waals surface area contributed by atoms with Crippen LogP contribution < -0.4 is 14.9 Å². The second kappa shape index (κ2) is 8.33. The first-order valence-corrected chi connectivity index (χ1v) is 9.34. The van der Waals surface area contributed by atoms with Crippen LogP contribution in [0.3, 0.4) is 0 Å². The van der Waals surface area contributed by atoms with Crippen molar-refractivity contribution in [2.75, 3.05) is 18.5 Å². The first-order chi connectivity index (χ1) is 14.4. The molecule has 2 heterocycles. The molecule has 1 fully saturated rings. The van der Waals surface area contributed by atoms with Crippen molar-refractivity contribution in [3.05, 3.63) is 48.8 Å². The number of hydrogen-bond acceptors (Lipinski definition) is 7. The van der Waals surface area contributed by atoms with Crippen LogP contribution in [0.15, 0.2) is 48.8 Å². The molecular formula is C20H19F3N4O3. The number of halogens is 3. The van der Waals surface area contributed by atoms with Gasteiger partial charge in [0, 0.05) is 23.7 Å². The third-order valence-electron chi connectivity index (χ3n) is 4.72. The fraction of sp³-hybridized carbons (Fsp3) is 0.300. The van der Waals surface area contributed by atoms with Gasteiger partial charge < -0.3 is 20.0 Å². The maximum atomic E-state index is 12.3. The van der Waals surface area contributed by atoms with E-state index >= 15 is 0 Å². The van der Waals surface area contributed by atoms with Crippen LogP contribution in [0.5, 0.6) is 11.5 Å². The largest absolute Gasteiger partial charge is 0.573 e. The number of hydroxylamine groups is 2. The number of benzene rings is 2. The van der Waals surface area contributed by atoms with Crippen LogP contribution in [0.2, 0.25) is 0 Å². The second-order valence-electron chi connectivity index (χ2n) is 6.81. The van der Waals surface area contributed by atoms with Crippen molar-refractivity contribution >= 4 is 22.4 Å². The number of fused-ring (bicyclic) bond motifs is 1. The van der Waals surface area contributed by atoms with E-state index in [1.165, 1.54) is 30.6 Å². The molecule has 1 aliphatic heterocycles. The van der Waals surface area contributed by atoms with Gasteiger partial charge >= 0.3 is 6.36 Å². The van der Waals surface area contributed by atoms with Crippen molar-refractivity contribution < 1.29 is 27.9 Å². The zero-order valence-electron chi connectivity index (χ0n) is 15.8. The third-order valence-corrected chi connectivity index (χ3v) is 4.72. The van der Waals surface area contributed by atoms with E-state index in [1.807, 2.05) is 0 Å². The lowest BCUT2D eigenvalue weighted by molar-refractivity contribution is -0.274. The van der Waals surface area contributed by atoms with E-state index in [2.05, 4.69) is 20.0 Å². The Balaban J connectivity index is 1.51. The van der Waals surface area contributed by atoms with E-state index in [9.17, 15) is 18.3 Å². The van der Waals surface area contributed by atoms with Gasteiger partial charge in [0.25, 0.3) is 0 Å². The topological polar surface area (TPSA) is 79.7 Å². The summed E-state index contributed by atoms with van der Waals surface area (Å²) in [5, 5.41) is 15.0. The molecule has 1 unspecified atom stereocenters. The van der Waals surface area contributed by atoms with Gasteiger partial charge in [-0.25, -0.2) is 9.97 Å². The summed E-state index contributed by atoms with van der Waals surface area (Å²) < 4.78 is 40.7. The Morgan fingerprint density at radius 2 is 1.87 bits per heavy atom. The van der Waals surface area contributed by atoms with E-state index in [-0.39, 0.29) is 18.4 Å². The monoisotopic (exact) mass is 420 g/mol. The molecule has 3 aromatic rings. The molecule has 0 bridgehead atoms. The van der Waals surface area contributed by atoms with Crippen LogP contribution in [0.25, 0.3) is 10.9 Å². The number of aliphatic hydroxyl groups is 1. The van der Waals surface area contributed by atoms with Gasteiger partial charge in [0.1, 0.15) is 23.6 Å². The summed E-state index contributed by atoms with van der Waals surface area (Å²) in [4.78, 5) is 14.4. The zero-order chi connectivity index (χ0) is 21.1.